The molecule has 6 atom stereocenters. The summed E-state index contributed by atoms with van der Waals surface area (Å²) in [5.74, 6) is -0.534. The zero-order valence-corrected chi connectivity index (χ0v) is 9.61. The SMILES string of the molecule is COC(=O)[C@@]12[C@@H]([C@H](O)C=C[C@@H]1O)[C@H]1C=C[C@@H]2C1. The van der Waals surface area contributed by atoms with E-state index in [1.807, 2.05) is 12.2 Å². The van der Waals surface area contributed by atoms with Gasteiger partial charge in [0.1, 0.15) is 5.41 Å². The van der Waals surface area contributed by atoms with Crippen molar-refractivity contribution in [2.75, 3.05) is 7.11 Å². The molecule has 0 aromatic carbocycles. The first-order chi connectivity index (χ1) is 8.12. The monoisotopic (exact) mass is 236 g/mol. The Bertz CT molecular complexity index is 414. The van der Waals surface area contributed by atoms with Gasteiger partial charge in [-0.2, -0.15) is 0 Å². The second-order valence-corrected chi connectivity index (χ2v) is 5.16. The van der Waals surface area contributed by atoms with Crippen LogP contribution < -0.4 is 0 Å². The lowest BCUT2D eigenvalue weighted by molar-refractivity contribution is -0.171. The van der Waals surface area contributed by atoms with E-state index in [0.29, 0.717) is 0 Å². The smallest absolute Gasteiger partial charge is 0.315 e. The quantitative estimate of drug-likeness (QED) is 0.506. The molecular formula is C13H16O4. The van der Waals surface area contributed by atoms with Crippen LogP contribution in [0.2, 0.25) is 0 Å². The zero-order chi connectivity index (χ0) is 12.2. The summed E-state index contributed by atoms with van der Waals surface area (Å²) in [6.45, 7) is 0. The highest BCUT2D eigenvalue weighted by atomic mass is 16.5. The van der Waals surface area contributed by atoms with Crippen LogP contribution in [0.3, 0.4) is 0 Å². The summed E-state index contributed by atoms with van der Waals surface area (Å²) < 4.78 is 4.89. The van der Waals surface area contributed by atoms with Crippen molar-refractivity contribution in [3.05, 3.63) is 24.3 Å². The van der Waals surface area contributed by atoms with Gasteiger partial charge >= 0.3 is 5.97 Å². The number of methoxy groups -OCH3 is 1. The molecule has 2 bridgehead atoms. The molecule has 3 aliphatic rings. The number of carbonyl (C=O) groups excluding carboxylic acids is 1. The molecule has 0 aliphatic heterocycles. The molecule has 4 heteroatoms. The van der Waals surface area contributed by atoms with E-state index in [-0.39, 0.29) is 17.8 Å². The number of carbonyl (C=O) groups is 1. The highest BCUT2D eigenvalue weighted by Crippen LogP contribution is 2.61. The fourth-order valence-electron chi connectivity index (χ4n) is 3.98. The maximum Gasteiger partial charge on any atom is 0.315 e. The van der Waals surface area contributed by atoms with Crippen LogP contribution >= 0.6 is 0 Å². The Morgan fingerprint density at radius 2 is 2.06 bits per heavy atom. The van der Waals surface area contributed by atoms with Gasteiger partial charge in [-0.15, -0.1) is 0 Å². The maximum atomic E-state index is 12.2. The molecule has 2 N–H and O–H groups in total. The van der Waals surface area contributed by atoms with Crippen LogP contribution in [0.4, 0.5) is 0 Å². The van der Waals surface area contributed by atoms with E-state index < -0.39 is 23.6 Å². The van der Waals surface area contributed by atoms with E-state index >= 15 is 0 Å². The average molecular weight is 236 g/mol. The number of aliphatic hydroxyl groups excluding tert-OH is 2. The predicted octanol–water partition coefficient (Wildman–Crippen LogP) is 0.259. The summed E-state index contributed by atoms with van der Waals surface area (Å²) in [7, 11) is 1.33. The van der Waals surface area contributed by atoms with Crippen LogP contribution in [0.15, 0.2) is 24.3 Å². The van der Waals surface area contributed by atoms with Crippen molar-refractivity contribution < 1.29 is 19.7 Å². The Balaban J connectivity index is 2.15. The summed E-state index contributed by atoms with van der Waals surface area (Å²) >= 11 is 0. The molecular weight excluding hydrogens is 220 g/mol. The Hall–Kier alpha value is -1.13. The van der Waals surface area contributed by atoms with Gasteiger partial charge in [0.2, 0.25) is 0 Å². The molecule has 3 rings (SSSR count). The number of allylic oxidation sites excluding steroid dienone is 2. The third kappa shape index (κ3) is 1.12. The first kappa shape index (κ1) is 11.0. The van der Waals surface area contributed by atoms with E-state index in [1.165, 1.54) is 13.2 Å². The molecule has 0 radical (unpaired) electrons. The lowest BCUT2D eigenvalue weighted by atomic mass is 9.60. The van der Waals surface area contributed by atoms with Crippen molar-refractivity contribution in [2.24, 2.45) is 23.2 Å². The number of hydrogen-bond acceptors (Lipinski definition) is 4. The Morgan fingerprint density at radius 1 is 1.29 bits per heavy atom. The molecule has 1 saturated carbocycles. The number of esters is 1. The number of fused-ring (bicyclic) bond motifs is 5. The van der Waals surface area contributed by atoms with Crippen molar-refractivity contribution in [2.45, 2.75) is 18.6 Å². The largest absolute Gasteiger partial charge is 0.468 e. The highest BCUT2D eigenvalue weighted by molar-refractivity contribution is 5.81. The third-order valence-electron chi connectivity index (χ3n) is 4.63. The van der Waals surface area contributed by atoms with Crippen LogP contribution in [0.1, 0.15) is 6.42 Å². The van der Waals surface area contributed by atoms with Crippen LogP contribution in [0, 0.1) is 23.2 Å². The van der Waals surface area contributed by atoms with E-state index in [9.17, 15) is 15.0 Å². The minimum atomic E-state index is -0.984. The molecule has 0 aromatic heterocycles. The van der Waals surface area contributed by atoms with Gasteiger partial charge in [0.15, 0.2) is 0 Å². The molecule has 0 unspecified atom stereocenters. The fraction of sp³-hybridized carbons (Fsp3) is 0.615. The van der Waals surface area contributed by atoms with Gasteiger partial charge in [-0.1, -0.05) is 24.3 Å². The number of aliphatic hydroxyl groups is 2. The average Bonchev–Trinajstić information content (AvgIpc) is 2.92. The second kappa shape index (κ2) is 3.43. The summed E-state index contributed by atoms with van der Waals surface area (Å²) in [4.78, 5) is 12.2. The molecule has 0 aromatic rings. The minimum absolute atomic E-state index is 0.0282. The molecule has 0 saturated heterocycles. The normalized spacial score (nSPS) is 50.4. The summed E-state index contributed by atoms with van der Waals surface area (Å²) in [6.07, 6.45) is 6.40. The van der Waals surface area contributed by atoms with Crippen molar-refractivity contribution >= 4 is 5.97 Å². The minimum Gasteiger partial charge on any atom is -0.468 e. The second-order valence-electron chi connectivity index (χ2n) is 5.16. The number of ether oxygens (including phenoxy) is 1. The number of hydrogen-bond donors (Lipinski definition) is 2. The van der Waals surface area contributed by atoms with Crippen molar-refractivity contribution in [1.82, 2.24) is 0 Å². The van der Waals surface area contributed by atoms with Crippen molar-refractivity contribution in [3.63, 3.8) is 0 Å². The Morgan fingerprint density at radius 3 is 2.76 bits per heavy atom. The van der Waals surface area contributed by atoms with Crippen LogP contribution in [0.5, 0.6) is 0 Å². The summed E-state index contributed by atoms with van der Waals surface area (Å²) in [5.41, 5.74) is -0.984. The summed E-state index contributed by atoms with van der Waals surface area (Å²) in [5, 5.41) is 20.3. The van der Waals surface area contributed by atoms with E-state index in [1.54, 1.807) is 6.08 Å². The van der Waals surface area contributed by atoms with Gasteiger partial charge in [-0.05, 0) is 18.3 Å². The number of rotatable bonds is 1. The van der Waals surface area contributed by atoms with E-state index in [2.05, 4.69) is 0 Å². The van der Waals surface area contributed by atoms with Gasteiger partial charge in [0, 0.05) is 5.92 Å². The van der Waals surface area contributed by atoms with E-state index in [4.69, 9.17) is 4.74 Å². The molecule has 0 amide bonds. The fourth-order valence-corrected chi connectivity index (χ4v) is 3.98. The van der Waals surface area contributed by atoms with Gasteiger partial charge in [0.05, 0.1) is 19.3 Å². The van der Waals surface area contributed by atoms with Gasteiger partial charge in [-0.3, -0.25) is 4.79 Å². The van der Waals surface area contributed by atoms with Gasteiger partial charge in [-0.25, -0.2) is 0 Å². The molecule has 4 nitrogen and oxygen atoms in total. The zero-order valence-electron chi connectivity index (χ0n) is 9.61. The van der Waals surface area contributed by atoms with Crippen LogP contribution in [-0.4, -0.2) is 35.5 Å². The van der Waals surface area contributed by atoms with Crippen LogP contribution in [0.25, 0.3) is 0 Å². The molecule has 92 valence electrons. The van der Waals surface area contributed by atoms with Gasteiger partial charge in [0.25, 0.3) is 0 Å². The third-order valence-corrected chi connectivity index (χ3v) is 4.63. The first-order valence-electron chi connectivity index (χ1n) is 5.93. The Labute approximate surface area is 99.6 Å². The summed E-state index contributed by atoms with van der Waals surface area (Å²) in [6, 6.07) is 0. The lowest BCUT2D eigenvalue weighted by Gasteiger charge is -2.45. The highest BCUT2D eigenvalue weighted by Gasteiger charge is 2.66. The standard InChI is InChI=1S/C13H16O4/c1-17-12(16)13-8-3-2-7(6-8)11(13)9(14)4-5-10(13)15/h2-5,7-11,14-15H,6H2,1H3/t7-,8+,9+,10-,11+,13+/m0/s1. The molecule has 0 heterocycles. The first-order valence-corrected chi connectivity index (χ1v) is 5.93. The molecule has 1 fully saturated rings. The maximum absolute atomic E-state index is 12.2. The molecule has 17 heavy (non-hydrogen) atoms. The predicted molar refractivity (Wildman–Crippen MR) is 59.8 cm³/mol. The topological polar surface area (TPSA) is 66.8 Å². The molecule has 3 aliphatic carbocycles. The van der Waals surface area contributed by atoms with Gasteiger partial charge < -0.3 is 14.9 Å². The van der Waals surface area contributed by atoms with E-state index in [0.717, 1.165) is 6.42 Å². The van der Waals surface area contributed by atoms with Crippen LogP contribution in [-0.2, 0) is 9.53 Å². The van der Waals surface area contributed by atoms with Crippen molar-refractivity contribution in [1.29, 1.82) is 0 Å². The Kier molecular flexibility index (Phi) is 2.22. The molecule has 0 spiro atoms. The van der Waals surface area contributed by atoms with Crippen molar-refractivity contribution in [3.8, 4) is 0 Å². The lowest BCUT2D eigenvalue weighted by Crippen LogP contribution is -2.56.